The monoisotopic (exact) mass is 232 g/mol. The molecule has 0 unspecified atom stereocenters. The molecule has 0 fully saturated rings. The molecule has 90 valence electrons. The first-order valence-electron chi connectivity index (χ1n) is 5.64. The van der Waals surface area contributed by atoms with Gasteiger partial charge in [-0.05, 0) is 18.6 Å². The third kappa shape index (κ3) is 2.88. The Kier molecular flexibility index (Phi) is 3.49. The summed E-state index contributed by atoms with van der Waals surface area (Å²) in [4.78, 5) is 8.38. The second-order valence-electron chi connectivity index (χ2n) is 4.24. The van der Waals surface area contributed by atoms with E-state index in [9.17, 15) is 0 Å². The summed E-state index contributed by atoms with van der Waals surface area (Å²) >= 11 is 0. The van der Waals surface area contributed by atoms with Crippen molar-refractivity contribution in [3.63, 3.8) is 0 Å². The van der Waals surface area contributed by atoms with Gasteiger partial charge in [-0.1, -0.05) is 19.0 Å². The maximum absolute atomic E-state index is 5.18. The number of pyridine rings is 1. The molecule has 1 N–H and O–H groups in total. The summed E-state index contributed by atoms with van der Waals surface area (Å²) in [6, 6.07) is 2.29. The quantitative estimate of drug-likeness (QED) is 0.872. The van der Waals surface area contributed by atoms with E-state index in [1.807, 2.05) is 13.0 Å². The SMILES string of the molecule is Cc1cnccc1-c1noc(CNC(C)C)n1. The van der Waals surface area contributed by atoms with Crippen LogP contribution in [0.5, 0.6) is 0 Å². The lowest BCUT2D eigenvalue weighted by atomic mass is 10.1. The molecule has 0 amide bonds. The average molecular weight is 232 g/mol. The minimum absolute atomic E-state index is 0.396. The second-order valence-corrected chi connectivity index (χ2v) is 4.24. The Hall–Kier alpha value is -1.75. The van der Waals surface area contributed by atoms with Gasteiger partial charge in [-0.2, -0.15) is 4.98 Å². The number of nitrogens with zero attached hydrogens (tertiary/aromatic N) is 3. The van der Waals surface area contributed by atoms with Gasteiger partial charge < -0.3 is 9.84 Å². The van der Waals surface area contributed by atoms with Gasteiger partial charge in [0.05, 0.1) is 6.54 Å². The van der Waals surface area contributed by atoms with E-state index in [0.717, 1.165) is 11.1 Å². The van der Waals surface area contributed by atoms with Gasteiger partial charge in [0.15, 0.2) is 0 Å². The highest BCUT2D eigenvalue weighted by Gasteiger charge is 2.10. The van der Waals surface area contributed by atoms with E-state index < -0.39 is 0 Å². The van der Waals surface area contributed by atoms with Crippen molar-refractivity contribution in [2.24, 2.45) is 0 Å². The Morgan fingerprint density at radius 1 is 1.41 bits per heavy atom. The molecule has 2 aromatic rings. The van der Waals surface area contributed by atoms with Crippen molar-refractivity contribution in [2.45, 2.75) is 33.4 Å². The smallest absolute Gasteiger partial charge is 0.240 e. The first kappa shape index (κ1) is 11.7. The van der Waals surface area contributed by atoms with Crippen LogP contribution in [0.3, 0.4) is 0 Å². The van der Waals surface area contributed by atoms with Crippen molar-refractivity contribution in [3.8, 4) is 11.4 Å². The fourth-order valence-corrected chi connectivity index (χ4v) is 1.45. The summed E-state index contributed by atoms with van der Waals surface area (Å²) in [5, 5.41) is 7.20. The predicted molar refractivity (Wildman–Crippen MR) is 64.2 cm³/mol. The lowest BCUT2D eigenvalue weighted by molar-refractivity contribution is 0.362. The fourth-order valence-electron chi connectivity index (χ4n) is 1.45. The summed E-state index contributed by atoms with van der Waals surface area (Å²) in [6.07, 6.45) is 3.52. The molecule has 5 heteroatoms. The van der Waals surface area contributed by atoms with Crippen LogP contribution in [-0.2, 0) is 6.54 Å². The van der Waals surface area contributed by atoms with Crippen LogP contribution >= 0.6 is 0 Å². The minimum atomic E-state index is 0.396. The van der Waals surface area contributed by atoms with Crippen molar-refractivity contribution in [3.05, 3.63) is 29.9 Å². The fraction of sp³-hybridized carbons (Fsp3) is 0.417. The van der Waals surface area contributed by atoms with Gasteiger partial charge in [0, 0.05) is 24.0 Å². The lowest BCUT2D eigenvalue weighted by Gasteiger charge is -2.03. The van der Waals surface area contributed by atoms with E-state index >= 15 is 0 Å². The maximum Gasteiger partial charge on any atom is 0.240 e. The summed E-state index contributed by atoms with van der Waals surface area (Å²) in [5.41, 5.74) is 2.00. The van der Waals surface area contributed by atoms with Crippen molar-refractivity contribution in [2.75, 3.05) is 0 Å². The highest BCUT2D eigenvalue weighted by molar-refractivity contribution is 5.57. The standard InChI is InChI=1S/C12H16N4O/c1-8(2)14-7-11-15-12(16-17-11)10-4-5-13-6-9(10)3/h4-6,8,14H,7H2,1-3H3. The van der Waals surface area contributed by atoms with E-state index in [0.29, 0.717) is 24.3 Å². The lowest BCUT2D eigenvalue weighted by Crippen LogP contribution is -2.21. The zero-order chi connectivity index (χ0) is 12.3. The Morgan fingerprint density at radius 2 is 2.24 bits per heavy atom. The minimum Gasteiger partial charge on any atom is -0.338 e. The van der Waals surface area contributed by atoms with Gasteiger partial charge in [-0.3, -0.25) is 4.98 Å². The molecule has 0 saturated carbocycles. The molecular weight excluding hydrogens is 216 g/mol. The Morgan fingerprint density at radius 3 is 2.94 bits per heavy atom. The van der Waals surface area contributed by atoms with Crippen LogP contribution in [0.2, 0.25) is 0 Å². The normalized spacial score (nSPS) is 11.1. The van der Waals surface area contributed by atoms with Gasteiger partial charge in [0.25, 0.3) is 0 Å². The van der Waals surface area contributed by atoms with E-state index in [2.05, 4.69) is 34.3 Å². The molecule has 0 saturated heterocycles. The van der Waals surface area contributed by atoms with E-state index in [1.54, 1.807) is 12.4 Å². The number of aryl methyl sites for hydroxylation is 1. The largest absolute Gasteiger partial charge is 0.338 e. The molecule has 0 aromatic carbocycles. The summed E-state index contributed by atoms with van der Waals surface area (Å²) in [5.74, 6) is 1.22. The number of rotatable bonds is 4. The zero-order valence-corrected chi connectivity index (χ0v) is 10.3. The van der Waals surface area contributed by atoms with Gasteiger partial charge in [0.2, 0.25) is 11.7 Å². The molecule has 0 aliphatic carbocycles. The Balaban J connectivity index is 2.16. The van der Waals surface area contributed by atoms with Crippen LogP contribution in [-0.4, -0.2) is 21.2 Å². The van der Waals surface area contributed by atoms with Crippen molar-refractivity contribution in [1.82, 2.24) is 20.4 Å². The van der Waals surface area contributed by atoms with Crippen molar-refractivity contribution >= 4 is 0 Å². The van der Waals surface area contributed by atoms with E-state index in [1.165, 1.54) is 0 Å². The van der Waals surface area contributed by atoms with Gasteiger partial charge in [-0.25, -0.2) is 0 Å². The second kappa shape index (κ2) is 5.05. The number of hydrogen-bond acceptors (Lipinski definition) is 5. The van der Waals surface area contributed by atoms with Gasteiger partial charge in [0.1, 0.15) is 0 Å². The summed E-state index contributed by atoms with van der Waals surface area (Å²) < 4.78 is 5.18. The average Bonchev–Trinajstić information content (AvgIpc) is 2.75. The Labute approximate surface area is 100 Å². The van der Waals surface area contributed by atoms with Gasteiger partial charge in [-0.15, -0.1) is 0 Å². The first-order chi connectivity index (χ1) is 8.16. The highest BCUT2D eigenvalue weighted by Crippen LogP contribution is 2.18. The van der Waals surface area contributed by atoms with Crippen LogP contribution in [0.1, 0.15) is 25.3 Å². The molecular formula is C12H16N4O. The van der Waals surface area contributed by atoms with E-state index in [4.69, 9.17) is 4.52 Å². The molecule has 2 rings (SSSR count). The molecule has 5 nitrogen and oxygen atoms in total. The zero-order valence-electron chi connectivity index (χ0n) is 10.3. The highest BCUT2D eigenvalue weighted by atomic mass is 16.5. The van der Waals surface area contributed by atoms with Crippen molar-refractivity contribution < 1.29 is 4.52 Å². The van der Waals surface area contributed by atoms with Crippen LogP contribution in [0.4, 0.5) is 0 Å². The van der Waals surface area contributed by atoms with E-state index in [-0.39, 0.29) is 0 Å². The van der Waals surface area contributed by atoms with Crippen LogP contribution in [0.25, 0.3) is 11.4 Å². The molecule has 0 aliphatic heterocycles. The summed E-state index contributed by atoms with van der Waals surface area (Å²) in [7, 11) is 0. The van der Waals surface area contributed by atoms with Crippen molar-refractivity contribution in [1.29, 1.82) is 0 Å². The number of aromatic nitrogens is 3. The molecule has 0 spiro atoms. The van der Waals surface area contributed by atoms with Gasteiger partial charge >= 0.3 is 0 Å². The molecule has 0 bridgehead atoms. The van der Waals surface area contributed by atoms with Crippen LogP contribution in [0, 0.1) is 6.92 Å². The van der Waals surface area contributed by atoms with Crippen LogP contribution < -0.4 is 5.32 Å². The molecule has 2 aromatic heterocycles. The summed E-state index contributed by atoms with van der Waals surface area (Å²) in [6.45, 7) is 6.72. The number of hydrogen-bond donors (Lipinski definition) is 1. The molecule has 2 heterocycles. The third-order valence-corrected chi connectivity index (χ3v) is 2.39. The topological polar surface area (TPSA) is 63.8 Å². The maximum atomic E-state index is 5.18. The van der Waals surface area contributed by atoms with Crippen LogP contribution in [0.15, 0.2) is 23.0 Å². The molecule has 0 radical (unpaired) electrons. The third-order valence-electron chi connectivity index (χ3n) is 2.39. The molecule has 17 heavy (non-hydrogen) atoms. The molecule has 0 atom stereocenters. The first-order valence-corrected chi connectivity index (χ1v) is 5.64. The number of nitrogens with one attached hydrogen (secondary N) is 1. The predicted octanol–water partition coefficient (Wildman–Crippen LogP) is 1.94. The molecule has 0 aliphatic rings. The Bertz CT molecular complexity index is 493.